The van der Waals surface area contributed by atoms with E-state index in [1.54, 1.807) is 11.3 Å². The monoisotopic (exact) mass is 291 g/mol. The zero-order valence-corrected chi connectivity index (χ0v) is 12.4. The van der Waals surface area contributed by atoms with Crippen LogP contribution in [0.5, 0.6) is 0 Å². The number of likely N-dealkylation sites (tertiary alicyclic amines) is 1. The zero-order valence-electron chi connectivity index (χ0n) is 10.8. The van der Waals surface area contributed by atoms with Crippen LogP contribution in [0.4, 0.5) is 5.13 Å². The van der Waals surface area contributed by atoms with Gasteiger partial charge < -0.3 is 10.5 Å². The summed E-state index contributed by atoms with van der Waals surface area (Å²) in [6.45, 7) is 7.08. The molecule has 4 nitrogen and oxygen atoms in total. The Kier molecular flexibility index (Phi) is 6.92. The number of nitrogen functional groups attached to an aromatic ring is 1. The lowest BCUT2D eigenvalue weighted by atomic mass is 9.99. The van der Waals surface area contributed by atoms with Crippen molar-refractivity contribution in [3.8, 4) is 0 Å². The van der Waals surface area contributed by atoms with Crippen molar-refractivity contribution >= 4 is 28.9 Å². The van der Waals surface area contributed by atoms with E-state index < -0.39 is 0 Å². The average molecular weight is 292 g/mol. The maximum absolute atomic E-state index is 5.65. The average Bonchev–Trinajstić information content (AvgIpc) is 2.73. The Morgan fingerprint density at radius 2 is 2.44 bits per heavy atom. The van der Waals surface area contributed by atoms with Crippen LogP contribution in [-0.4, -0.2) is 36.2 Å². The van der Waals surface area contributed by atoms with Gasteiger partial charge in [0, 0.05) is 30.8 Å². The topological polar surface area (TPSA) is 51.4 Å². The summed E-state index contributed by atoms with van der Waals surface area (Å²) in [6, 6.07) is 0. The van der Waals surface area contributed by atoms with Gasteiger partial charge in [0.05, 0.1) is 6.61 Å². The molecule has 1 aliphatic heterocycles. The molecule has 2 heterocycles. The fourth-order valence-corrected chi connectivity index (χ4v) is 3.06. The van der Waals surface area contributed by atoms with Crippen LogP contribution >= 0.6 is 23.7 Å². The predicted octanol–water partition coefficient (Wildman–Crippen LogP) is 2.40. The molecule has 1 unspecified atom stereocenters. The van der Waals surface area contributed by atoms with Crippen molar-refractivity contribution in [3.05, 3.63) is 11.1 Å². The maximum atomic E-state index is 5.65. The van der Waals surface area contributed by atoms with Gasteiger partial charge in [-0.15, -0.1) is 23.7 Å². The van der Waals surface area contributed by atoms with E-state index in [0.29, 0.717) is 11.0 Å². The summed E-state index contributed by atoms with van der Waals surface area (Å²) in [5, 5.41) is 0.669. The van der Waals surface area contributed by atoms with Crippen LogP contribution < -0.4 is 5.73 Å². The van der Waals surface area contributed by atoms with Gasteiger partial charge in [0.25, 0.3) is 0 Å². The second-order valence-corrected chi connectivity index (χ2v) is 5.71. The molecule has 0 bridgehead atoms. The largest absolute Gasteiger partial charge is 0.381 e. The summed E-state index contributed by atoms with van der Waals surface area (Å²) in [5.74, 6) is 0.689. The molecule has 0 spiro atoms. The Balaban J connectivity index is 0.00000162. The molecule has 6 heteroatoms. The Hall–Kier alpha value is -0.360. The molecule has 1 aromatic heterocycles. The van der Waals surface area contributed by atoms with Crippen molar-refractivity contribution in [1.29, 1.82) is 0 Å². The molecular formula is C12H22ClN3OS. The molecule has 1 atom stereocenters. The maximum Gasteiger partial charge on any atom is 0.180 e. The van der Waals surface area contributed by atoms with Gasteiger partial charge in [0.15, 0.2) is 5.13 Å². The highest BCUT2D eigenvalue weighted by atomic mass is 35.5. The summed E-state index contributed by atoms with van der Waals surface area (Å²) in [5.41, 5.74) is 5.65. The summed E-state index contributed by atoms with van der Waals surface area (Å²) < 4.78 is 5.52. The Morgan fingerprint density at radius 3 is 3.11 bits per heavy atom. The number of aromatic nitrogens is 1. The summed E-state index contributed by atoms with van der Waals surface area (Å²) >= 11 is 1.59. The molecule has 18 heavy (non-hydrogen) atoms. The van der Waals surface area contributed by atoms with Crippen LogP contribution in [0, 0.1) is 5.92 Å². The number of hydrogen-bond acceptors (Lipinski definition) is 5. The number of rotatable bonds is 5. The minimum absolute atomic E-state index is 0. The molecule has 0 aromatic carbocycles. The van der Waals surface area contributed by atoms with E-state index in [1.165, 1.54) is 24.3 Å². The molecule has 0 saturated carbocycles. The first-order chi connectivity index (χ1) is 8.28. The number of halogens is 1. The first-order valence-corrected chi connectivity index (χ1v) is 7.10. The first-order valence-electron chi connectivity index (χ1n) is 6.28. The summed E-state index contributed by atoms with van der Waals surface area (Å²) in [6.07, 6.45) is 4.46. The SMILES string of the molecule is CCOCC1CCCN(Cc2cnc(N)s2)C1.Cl. The van der Waals surface area contributed by atoms with E-state index in [9.17, 15) is 0 Å². The molecule has 0 aliphatic carbocycles. The van der Waals surface area contributed by atoms with E-state index in [0.717, 1.165) is 26.3 Å². The van der Waals surface area contributed by atoms with Crippen LogP contribution in [0.3, 0.4) is 0 Å². The number of thiazole rings is 1. The summed E-state index contributed by atoms with van der Waals surface area (Å²) in [4.78, 5) is 7.85. The highest BCUT2D eigenvalue weighted by Crippen LogP contribution is 2.22. The van der Waals surface area contributed by atoms with Gasteiger partial charge in [-0.25, -0.2) is 4.98 Å². The van der Waals surface area contributed by atoms with Gasteiger partial charge >= 0.3 is 0 Å². The molecule has 1 saturated heterocycles. The smallest absolute Gasteiger partial charge is 0.180 e. The van der Waals surface area contributed by atoms with Crippen molar-refractivity contribution in [2.75, 3.05) is 32.0 Å². The van der Waals surface area contributed by atoms with Gasteiger partial charge in [-0.2, -0.15) is 0 Å². The standard InChI is InChI=1S/C12H21N3OS.ClH/c1-2-16-9-10-4-3-5-15(7-10)8-11-6-14-12(13)17-11;/h6,10H,2-5,7-9H2,1H3,(H2,13,14);1H. The normalized spacial score (nSPS) is 20.6. The van der Waals surface area contributed by atoms with E-state index >= 15 is 0 Å². The number of hydrogen-bond donors (Lipinski definition) is 1. The van der Waals surface area contributed by atoms with Crippen LogP contribution in [-0.2, 0) is 11.3 Å². The minimum atomic E-state index is 0. The third kappa shape index (κ3) is 4.72. The van der Waals surface area contributed by atoms with Gasteiger partial charge in [-0.05, 0) is 32.2 Å². The minimum Gasteiger partial charge on any atom is -0.381 e. The lowest BCUT2D eigenvalue weighted by molar-refractivity contribution is 0.0650. The number of anilines is 1. The second-order valence-electron chi connectivity index (χ2n) is 4.57. The van der Waals surface area contributed by atoms with Gasteiger partial charge in [0.1, 0.15) is 0 Å². The highest BCUT2D eigenvalue weighted by molar-refractivity contribution is 7.15. The molecule has 0 radical (unpaired) electrons. The third-order valence-corrected chi connectivity index (χ3v) is 3.92. The van der Waals surface area contributed by atoms with Crippen molar-refractivity contribution in [2.45, 2.75) is 26.3 Å². The van der Waals surface area contributed by atoms with Crippen molar-refractivity contribution in [3.63, 3.8) is 0 Å². The number of nitrogens with two attached hydrogens (primary N) is 1. The van der Waals surface area contributed by atoms with E-state index in [2.05, 4.69) is 16.8 Å². The van der Waals surface area contributed by atoms with E-state index in [4.69, 9.17) is 10.5 Å². The van der Waals surface area contributed by atoms with Gasteiger partial charge in [-0.1, -0.05) is 0 Å². The number of ether oxygens (including phenoxy) is 1. The van der Waals surface area contributed by atoms with Crippen molar-refractivity contribution in [1.82, 2.24) is 9.88 Å². The van der Waals surface area contributed by atoms with Crippen LogP contribution in [0.15, 0.2) is 6.20 Å². The highest BCUT2D eigenvalue weighted by Gasteiger charge is 2.20. The van der Waals surface area contributed by atoms with Crippen LogP contribution in [0.2, 0.25) is 0 Å². The van der Waals surface area contributed by atoms with E-state index in [-0.39, 0.29) is 12.4 Å². The molecule has 1 aromatic rings. The number of piperidine rings is 1. The Bertz CT molecular complexity index is 348. The van der Waals surface area contributed by atoms with Gasteiger partial charge in [0.2, 0.25) is 0 Å². The molecule has 1 fully saturated rings. The second kappa shape index (κ2) is 7.94. The Morgan fingerprint density at radius 1 is 1.61 bits per heavy atom. The van der Waals surface area contributed by atoms with E-state index in [1.807, 2.05) is 6.20 Å². The predicted molar refractivity (Wildman–Crippen MR) is 78.3 cm³/mol. The molecular weight excluding hydrogens is 270 g/mol. The lowest BCUT2D eigenvalue weighted by Gasteiger charge is -2.32. The molecule has 104 valence electrons. The quantitative estimate of drug-likeness (QED) is 0.905. The molecule has 1 aliphatic rings. The van der Waals surface area contributed by atoms with Crippen LogP contribution in [0.25, 0.3) is 0 Å². The Labute approximate surface area is 119 Å². The zero-order chi connectivity index (χ0) is 12.1. The van der Waals surface area contributed by atoms with Crippen molar-refractivity contribution in [2.24, 2.45) is 5.92 Å². The molecule has 2 rings (SSSR count). The molecule has 0 amide bonds. The van der Waals surface area contributed by atoms with Gasteiger partial charge in [-0.3, -0.25) is 4.90 Å². The van der Waals surface area contributed by atoms with Crippen molar-refractivity contribution < 1.29 is 4.74 Å². The first kappa shape index (κ1) is 15.7. The molecule has 2 N–H and O–H groups in total. The van der Waals surface area contributed by atoms with Crippen LogP contribution in [0.1, 0.15) is 24.6 Å². The lowest BCUT2D eigenvalue weighted by Crippen LogP contribution is -2.36. The number of nitrogens with zero attached hydrogens (tertiary/aromatic N) is 2. The fraction of sp³-hybridized carbons (Fsp3) is 0.750. The summed E-state index contributed by atoms with van der Waals surface area (Å²) in [7, 11) is 0. The fourth-order valence-electron chi connectivity index (χ4n) is 2.33. The third-order valence-electron chi connectivity index (χ3n) is 3.11.